The molecule has 0 aromatic rings. The lowest BCUT2D eigenvalue weighted by atomic mass is 9.57. The lowest BCUT2D eigenvalue weighted by Crippen LogP contribution is -2.70. The minimum absolute atomic E-state index is 0.126. The topological polar surface area (TPSA) is 52.5 Å². The molecule has 1 heterocycles. The van der Waals surface area contributed by atoms with Crippen LogP contribution in [-0.2, 0) is 0 Å². The average molecular weight is 213 g/mol. The molecule has 0 amide bonds. The fourth-order valence-corrected chi connectivity index (χ4v) is 2.91. The molecule has 0 spiro atoms. The molecule has 15 heavy (non-hydrogen) atoms. The second-order valence-electron chi connectivity index (χ2n) is 6.24. The van der Waals surface area contributed by atoms with Crippen LogP contribution in [0.4, 0.5) is 0 Å². The van der Waals surface area contributed by atoms with Gasteiger partial charge in [0.1, 0.15) is 0 Å². The van der Waals surface area contributed by atoms with E-state index in [1.54, 1.807) is 0 Å². The van der Waals surface area contributed by atoms with Crippen molar-refractivity contribution in [2.75, 3.05) is 19.7 Å². The third kappa shape index (κ3) is 1.71. The SMILES string of the molecule is CC1(C)CCC(CO)(C2(O)CNC2)CC1. The van der Waals surface area contributed by atoms with Crippen molar-refractivity contribution in [1.29, 1.82) is 0 Å². The smallest absolute Gasteiger partial charge is 0.0972 e. The molecule has 1 aliphatic heterocycles. The first-order chi connectivity index (χ1) is 6.93. The molecule has 3 nitrogen and oxygen atoms in total. The molecular formula is C12H23NO2. The fraction of sp³-hybridized carbons (Fsp3) is 1.00. The van der Waals surface area contributed by atoms with Crippen LogP contribution >= 0.6 is 0 Å². The second kappa shape index (κ2) is 3.44. The van der Waals surface area contributed by atoms with Crippen LogP contribution in [0.15, 0.2) is 0 Å². The van der Waals surface area contributed by atoms with Gasteiger partial charge in [0, 0.05) is 18.5 Å². The Labute approximate surface area is 91.9 Å². The zero-order valence-electron chi connectivity index (χ0n) is 9.84. The van der Waals surface area contributed by atoms with Gasteiger partial charge < -0.3 is 15.5 Å². The number of β-amino-alcohol motifs (C(OH)–C–C–N with tert-alkyl or cyclic N) is 1. The van der Waals surface area contributed by atoms with Crippen molar-refractivity contribution in [3.8, 4) is 0 Å². The number of hydrogen-bond acceptors (Lipinski definition) is 3. The van der Waals surface area contributed by atoms with Crippen LogP contribution in [0.25, 0.3) is 0 Å². The highest BCUT2D eigenvalue weighted by Crippen LogP contribution is 2.51. The molecule has 0 aromatic heterocycles. The molecule has 0 atom stereocenters. The first-order valence-electron chi connectivity index (χ1n) is 5.97. The summed E-state index contributed by atoms with van der Waals surface area (Å²) in [6.07, 6.45) is 4.12. The lowest BCUT2D eigenvalue weighted by molar-refractivity contribution is -0.164. The number of aliphatic hydroxyl groups excluding tert-OH is 1. The number of nitrogens with one attached hydrogen (secondary N) is 1. The summed E-state index contributed by atoms with van der Waals surface area (Å²) in [5.74, 6) is 0. The van der Waals surface area contributed by atoms with E-state index in [0.717, 1.165) is 25.7 Å². The summed E-state index contributed by atoms with van der Waals surface area (Å²) in [6, 6.07) is 0. The maximum Gasteiger partial charge on any atom is 0.0972 e. The van der Waals surface area contributed by atoms with Crippen molar-refractivity contribution >= 4 is 0 Å². The largest absolute Gasteiger partial charge is 0.396 e. The summed E-state index contributed by atoms with van der Waals surface area (Å²) in [5.41, 5.74) is -0.516. The maximum absolute atomic E-state index is 10.4. The predicted octanol–water partition coefficient (Wildman–Crippen LogP) is 0.900. The highest BCUT2D eigenvalue weighted by molar-refractivity contribution is 5.09. The molecule has 0 radical (unpaired) electrons. The molecule has 2 aliphatic rings. The Morgan fingerprint density at radius 3 is 1.93 bits per heavy atom. The van der Waals surface area contributed by atoms with Crippen molar-refractivity contribution in [2.45, 2.75) is 45.1 Å². The van der Waals surface area contributed by atoms with Gasteiger partial charge in [0.25, 0.3) is 0 Å². The monoisotopic (exact) mass is 213 g/mol. The van der Waals surface area contributed by atoms with E-state index < -0.39 is 5.60 Å². The first-order valence-corrected chi connectivity index (χ1v) is 5.97. The summed E-state index contributed by atoms with van der Waals surface area (Å²) in [6.45, 7) is 5.97. The highest BCUT2D eigenvalue weighted by Gasteiger charge is 2.55. The molecule has 2 rings (SSSR count). The van der Waals surface area contributed by atoms with E-state index in [1.807, 2.05) is 0 Å². The maximum atomic E-state index is 10.4. The van der Waals surface area contributed by atoms with Gasteiger partial charge in [-0.05, 0) is 31.1 Å². The summed E-state index contributed by atoms with van der Waals surface area (Å²) in [5, 5.41) is 23.2. The minimum Gasteiger partial charge on any atom is -0.396 e. The van der Waals surface area contributed by atoms with Crippen LogP contribution < -0.4 is 5.32 Å². The molecule has 0 aromatic carbocycles. The van der Waals surface area contributed by atoms with Gasteiger partial charge in [-0.1, -0.05) is 13.8 Å². The molecule has 0 unspecified atom stereocenters. The van der Waals surface area contributed by atoms with Crippen molar-refractivity contribution in [2.24, 2.45) is 10.8 Å². The van der Waals surface area contributed by atoms with Gasteiger partial charge in [-0.15, -0.1) is 0 Å². The van der Waals surface area contributed by atoms with Crippen LogP contribution in [-0.4, -0.2) is 35.5 Å². The van der Waals surface area contributed by atoms with Gasteiger partial charge >= 0.3 is 0 Å². The summed E-state index contributed by atoms with van der Waals surface area (Å²) >= 11 is 0. The average Bonchev–Trinajstić information content (AvgIpc) is 2.15. The van der Waals surface area contributed by atoms with Gasteiger partial charge in [0.2, 0.25) is 0 Å². The van der Waals surface area contributed by atoms with Crippen molar-refractivity contribution in [3.05, 3.63) is 0 Å². The third-order valence-corrected chi connectivity index (χ3v) is 4.69. The molecule has 3 heteroatoms. The Hall–Kier alpha value is -0.120. The molecule has 3 N–H and O–H groups in total. The molecule has 1 saturated heterocycles. The normalized spacial score (nSPS) is 32.0. The third-order valence-electron chi connectivity index (χ3n) is 4.69. The highest BCUT2D eigenvalue weighted by atomic mass is 16.3. The molecule has 1 saturated carbocycles. The Morgan fingerprint density at radius 2 is 1.60 bits per heavy atom. The molecule has 0 bridgehead atoms. The molecular weight excluding hydrogens is 190 g/mol. The Balaban J connectivity index is 2.11. The fourth-order valence-electron chi connectivity index (χ4n) is 2.91. The number of hydrogen-bond donors (Lipinski definition) is 3. The summed E-state index contributed by atoms with van der Waals surface area (Å²) < 4.78 is 0. The second-order valence-corrected chi connectivity index (χ2v) is 6.24. The van der Waals surface area contributed by atoms with Gasteiger partial charge in [0.15, 0.2) is 0 Å². The lowest BCUT2D eigenvalue weighted by Gasteiger charge is -2.56. The van der Waals surface area contributed by atoms with Crippen LogP contribution in [0.5, 0.6) is 0 Å². The van der Waals surface area contributed by atoms with E-state index >= 15 is 0 Å². The Kier molecular flexibility index (Phi) is 2.61. The van der Waals surface area contributed by atoms with Crippen LogP contribution in [0.1, 0.15) is 39.5 Å². The van der Waals surface area contributed by atoms with Gasteiger partial charge in [-0.2, -0.15) is 0 Å². The summed E-state index contributed by atoms with van der Waals surface area (Å²) in [4.78, 5) is 0. The molecule has 2 fully saturated rings. The van der Waals surface area contributed by atoms with Crippen LogP contribution in [0.3, 0.4) is 0 Å². The predicted molar refractivity (Wildman–Crippen MR) is 59.6 cm³/mol. The zero-order chi connectivity index (χ0) is 11.2. The molecule has 88 valence electrons. The van der Waals surface area contributed by atoms with Crippen molar-refractivity contribution in [1.82, 2.24) is 5.32 Å². The Bertz CT molecular complexity index is 236. The van der Waals surface area contributed by atoms with Gasteiger partial charge in [-0.25, -0.2) is 0 Å². The Morgan fingerprint density at radius 1 is 1.07 bits per heavy atom. The van der Waals surface area contributed by atoms with E-state index in [9.17, 15) is 10.2 Å². The van der Waals surface area contributed by atoms with Crippen molar-refractivity contribution < 1.29 is 10.2 Å². The van der Waals surface area contributed by atoms with Gasteiger partial charge in [0.05, 0.1) is 12.2 Å². The van der Waals surface area contributed by atoms with E-state index in [4.69, 9.17) is 0 Å². The standard InChI is InChI=1S/C12H23NO2/c1-10(2)3-5-11(9-14,6-4-10)12(15)7-13-8-12/h13-15H,3-9H2,1-2H3. The minimum atomic E-state index is -0.655. The van der Waals surface area contributed by atoms with E-state index in [0.29, 0.717) is 18.5 Å². The summed E-state index contributed by atoms with van der Waals surface area (Å²) in [7, 11) is 0. The first kappa shape index (κ1) is 11.4. The zero-order valence-corrected chi connectivity index (χ0v) is 9.84. The number of aliphatic hydroxyl groups is 2. The molecule has 1 aliphatic carbocycles. The number of rotatable bonds is 2. The van der Waals surface area contributed by atoms with E-state index in [-0.39, 0.29) is 12.0 Å². The van der Waals surface area contributed by atoms with E-state index in [1.165, 1.54) is 0 Å². The van der Waals surface area contributed by atoms with Crippen molar-refractivity contribution in [3.63, 3.8) is 0 Å². The van der Waals surface area contributed by atoms with Gasteiger partial charge in [-0.3, -0.25) is 0 Å². The van der Waals surface area contributed by atoms with Crippen LogP contribution in [0, 0.1) is 10.8 Å². The van der Waals surface area contributed by atoms with E-state index in [2.05, 4.69) is 19.2 Å². The van der Waals surface area contributed by atoms with Crippen LogP contribution in [0.2, 0.25) is 0 Å². The quantitative estimate of drug-likeness (QED) is 0.639.